The zero-order chi connectivity index (χ0) is 13.0. The minimum atomic E-state index is 0.844. The third-order valence-electron chi connectivity index (χ3n) is 3.94. The molecule has 2 rings (SSSR count). The molecule has 1 aliphatic rings. The molecule has 0 bridgehead atoms. The van der Waals surface area contributed by atoms with Crippen LogP contribution in [0.25, 0.3) is 0 Å². The third kappa shape index (κ3) is 3.39. The molecule has 3 heteroatoms. The standard InChI is InChI=1S/C15H25N3/c1-17-10-5-6-13(12-17)9-11-18(2)15-8-4-3-7-14(15)16/h3-4,7-8,13H,5-6,9-12,16H2,1-2H3. The van der Waals surface area contributed by atoms with E-state index in [2.05, 4.69) is 36.0 Å². The Hall–Kier alpha value is -1.22. The van der Waals surface area contributed by atoms with Crippen LogP contribution in [-0.2, 0) is 0 Å². The average Bonchev–Trinajstić information content (AvgIpc) is 2.37. The van der Waals surface area contributed by atoms with Crippen molar-refractivity contribution in [2.45, 2.75) is 19.3 Å². The lowest BCUT2D eigenvalue weighted by Crippen LogP contribution is -2.34. The van der Waals surface area contributed by atoms with Crippen molar-refractivity contribution in [3.63, 3.8) is 0 Å². The SMILES string of the molecule is CN1CCCC(CCN(C)c2ccccc2N)C1. The van der Waals surface area contributed by atoms with Gasteiger partial charge in [-0.3, -0.25) is 0 Å². The fraction of sp³-hybridized carbons (Fsp3) is 0.600. The van der Waals surface area contributed by atoms with Crippen molar-refractivity contribution in [2.75, 3.05) is 44.4 Å². The molecular formula is C15H25N3. The summed E-state index contributed by atoms with van der Waals surface area (Å²) in [5, 5.41) is 0. The Labute approximate surface area is 111 Å². The highest BCUT2D eigenvalue weighted by atomic mass is 15.1. The van der Waals surface area contributed by atoms with Crippen molar-refractivity contribution < 1.29 is 0 Å². The van der Waals surface area contributed by atoms with Gasteiger partial charge in [-0.1, -0.05) is 12.1 Å². The quantitative estimate of drug-likeness (QED) is 0.829. The normalized spacial score (nSPS) is 20.9. The average molecular weight is 247 g/mol. The number of anilines is 2. The van der Waals surface area contributed by atoms with Gasteiger partial charge in [0.2, 0.25) is 0 Å². The highest BCUT2D eigenvalue weighted by Gasteiger charge is 2.17. The molecule has 1 unspecified atom stereocenters. The smallest absolute Gasteiger partial charge is 0.0597 e. The van der Waals surface area contributed by atoms with Crippen LogP contribution in [0, 0.1) is 5.92 Å². The summed E-state index contributed by atoms with van der Waals surface area (Å²) in [6.07, 6.45) is 3.98. The molecule has 0 amide bonds. The van der Waals surface area contributed by atoms with Gasteiger partial charge in [0.15, 0.2) is 0 Å². The summed E-state index contributed by atoms with van der Waals surface area (Å²) in [7, 11) is 4.36. The largest absolute Gasteiger partial charge is 0.397 e. The summed E-state index contributed by atoms with van der Waals surface area (Å²) < 4.78 is 0. The van der Waals surface area contributed by atoms with Gasteiger partial charge in [-0.2, -0.15) is 0 Å². The monoisotopic (exact) mass is 247 g/mol. The Morgan fingerprint density at radius 1 is 1.39 bits per heavy atom. The Kier molecular flexibility index (Phi) is 4.48. The summed E-state index contributed by atoms with van der Waals surface area (Å²) in [4.78, 5) is 4.73. The Balaban J connectivity index is 1.84. The highest BCUT2D eigenvalue weighted by molar-refractivity contribution is 5.66. The van der Waals surface area contributed by atoms with Gasteiger partial charge in [-0.05, 0) is 50.9 Å². The van der Waals surface area contributed by atoms with Gasteiger partial charge in [0.05, 0.1) is 11.4 Å². The molecule has 0 spiro atoms. The molecule has 18 heavy (non-hydrogen) atoms. The molecule has 100 valence electrons. The molecular weight excluding hydrogens is 222 g/mol. The van der Waals surface area contributed by atoms with Crippen molar-refractivity contribution in [1.82, 2.24) is 4.90 Å². The molecule has 0 aliphatic carbocycles. The van der Waals surface area contributed by atoms with Crippen molar-refractivity contribution in [1.29, 1.82) is 0 Å². The summed E-state index contributed by atoms with van der Waals surface area (Å²) in [5.41, 5.74) is 8.03. The highest BCUT2D eigenvalue weighted by Crippen LogP contribution is 2.23. The van der Waals surface area contributed by atoms with E-state index in [0.29, 0.717) is 0 Å². The van der Waals surface area contributed by atoms with E-state index in [1.165, 1.54) is 32.4 Å². The van der Waals surface area contributed by atoms with Gasteiger partial charge >= 0.3 is 0 Å². The third-order valence-corrected chi connectivity index (χ3v) is 3.94. The van der Waals surface area contributed by atoms with Crippen molar-refractivity contribution >= 4 is 11.4 Å². The van der Waals surface area contributed by atoms with Gasteiger partial charge in [0, 0.05) is 20.1 Å². The van der Waals surface area contributed by atoms with Crippen LogP contribution in [0.2, 0.25) is 0 Å². The molecule has 1 aliphatic heterocycles. The number of benzene rings is 1. The molecule has 1 atom stereocenters. The lowest BCUT2D eigenvalue weighted by atomic mass is 9.95. The Bertz CT molecular complexity index is 378. The van der Waals surface area contributed by atoms with Crippen molar-refractivity contribution in [3.8, 4) is 0 Å². The van der Waals surface area contributed by atoms with E-state index in [9.17, 15) is 0 Å². The first-order valence-corrected chi connectivity index (χ1v) is 6.91. The van der Waals surface area contributed by atoms with Crippen LogP contribution in [0.3, 0.4) is 0 Å². The number of nitrogen functional groups attached to an aromatic ring is 1. The number of para-hydroxylation sites is 2. The molecule has 1 heterocycles. The van der Waals surface area contributed by atoms with Crippen LogP contribution in [0.4, 0.5) is 11.4 Å². The lowest BCUT2D eigenvalue weighted by molar-refractivity contribution is 0.203. The minimum Gasteiger partial charge on any atom is -0.397 e. The second kappa shape index (κ2) is 6.10. The van der Waals surface area contributed by atoms with E-state index in [0.717, 1.165) is 23.8 Å². The molecule has 2 N–H and O–H groups in total. The van der Waals surface area contributed by atoms with Crippen molar-refractivity contribution in [2.24, 2.45) is 5.92 Å². The molecule has 0 radical (unpaired) electrons. The fourth-order valence-corrected chi connectivity index (χ4v) is 2.84. The van der Waals surface area contributed by atoms with Crippen LogP contribution in [0.15, 0.2) is 24.3 Å². The van der Waals surface area contributed by atoms with Crippen LogP contribution in [0.5, 0.6) is 0 Å². The first-order valence-electron chi connectivity index (χ1n) is 6.91. The molecule has 1 saturated heterocycles. The fourth-order valence-electron chi connectivity index (χ4n) is 2.84. The van der Waals surface area contributed by atoms with E-state index >= 15 is 0 Å². The predicted molar refractivity (Wildman–Crippen MR) is 79.0 cm³/mol. The van der Waals surface area contributed by atoms with Gasteiger partial charge in [0.25, 0.3) is 0 Å². The van der Waals surface area contributed by atoms with Gasteiger partial charge in [-0.25, -0.2) is 0 Å². The maximum absolute atomic E-state index is 6.00. The Morgan fingerprint density at radius 3 is 2.89 bits per heavy atom. The number of hydrogen-bond acceptors (Lipinski definition) is 3. The minimum absolute atomic E-state index is 0.844. The summed E-state index contributed by atoms with van der Waals surface area (Å²) in [5.74, 6) is 0.844. The second-order valence-corrected chi connectivity index (χ2v) is 5.54. The van der Waals surface area contributed by atoms with Crippen LogP contribution in [-0.4, -0.2) is 38.6 Å². The Morgan fingerprint density at radius 2 is 2.17 bits per heavy atom. The lowest BCUT2D eigenvalue weighted by Gasteiger charge is -2.31. The van der Waals surface area contributed by atoms with Crippen LogP contribution >= 0.6 is 0 Å². The zero-order valence-corrected chi connectivity index (χ0v) is 11.6. The maximum atomic E-state index is 6.00. The van der Waals surface area contributed by atoms with Crippen LogP contribution in [0.1, 0.15) is 19.3 Å². The van der Waals surface area contributed by atoms with E-state index in [1.807, 2.05) is 12.1 Å². The predicted octanol–water partition coefficient (Wildman–Crippen LogP) is 2.44. The summed E-state index contributed by atoms with van der Waals surface area (Å²) >= 11 is 0. The number of rotatable bonds is 4. The topological polar surface area (TPSA) is 32.5 Å². The van der Waals surface area contributed by atoms with Gasteiger partial charge < -0.3 is 15.5 Å². The number of hydrogen-bond donors (Lipinski definition) is 1. The van der Waals surface area contributed by atoms with Crippen LogP contribution < -0.4 is 10.6 Å². The van der Waals surface area contributed by atoms with E-state index in [4.69, 9.17) is 5.73 Å². The second-order valence-electron chi connectivity index (χ2n) is 5.54. The van der Waals surface area contributed by atoms with E-state index < -0.39 is 0 Å². The summed E-state index contributed by atoms with van der Waals surface area (Å²) in [6, 6.07) is 8.11. The summed E-state index contributed by atoms with van der Waals surface area (Å²) in [6.45, 7) is 3.60. The molecule has 3 nitrogen and oxygen atoms in total. The van der Waals surface area contributed by atoms with Gasteiger partial charge in [-0.15, -0.1) is 0 Å². The molecule has 1 fully saturated rings. The first-order chi connectivity index (χ1) is 8.66. The van der Waals surface area contributed by atoms with E-state index in [1.54, 1.807) is 0 Å². The number of piperidine rings is 1. The van der Waals surface area contributed by atoms with E-state index in [-0.39, 0.29) is 0 Å². The van der Waals surface area contributed by atoms with Crippen molar-refractivity contribution in [3.05, 3.63) is 24.3 Å². The molecule has 0 saturated carbocycles. The maximum Gasteiger partial charge on any atom is 0.0597 e. The molecule has 1 aromatic carbocycles. The first kappa shape index (κ1) is 13.2. The number of nitrogens with two attached hydrogens (primary N) is 1. The van der Waals surface area contributed by atoms with Gasteiger partial charge in [0.1, 0.15) is 0 Å². The zero-order valence-electron chi connectivity index (χ0n) is 11.6. The number of likely N-dealkylation sites (tertiary alicyclic amines) is 1. The molecule has 0 aromatic heterocycles. The number of nitrogens with zero attached hydrogens (tertiary/aromatic N) is 2. The molecule has 1 aromatic rings.